The first-order chi connectivity index (χ1) is 7.47. The summed E-state index contributed by atoms with van der Waals surface area (Å²) in [7, 11) is 0. The third-order valence-electron chi connectivity index (χ3n) is 4.98. The first-order valence-corrected chi connectivity index (χ1v) is 7.47. The molecule has 16 heavy (non-hydrogen) atoms. The monoisotopic (exact) mass is 224 g/mol. The molecule has 5 unspecified atom stereocenters. The van der Waals surface area contributed by atoms with Crippen LogP contribution in [-0.4, -0.2) is 0 Å². The molecule has 1 saturated carbocycles. The molecule has 0 saturated heterocycles. The van der Waals surface area contributed by atoms with E-state index in [1.54, 1.807) is 0 Å². The minimum Gasteiger partial charge on any atom is -0.0654 e. The molecule has 1 fully saturated rings. The van der Waals surface area contributed by atoms with Crippen LogP contribution in [0.2, 0.25) is 0 Å². The van der Waals surface area contributed by atoms with Crippen molar-refractivity contribution in [3.05, 3.63) is 0 Å². The van der Waals surface area contributed by atoms with Gasteiger partial charge in [-0.25, -0.2) is 0 Å². The van der Waals surface area contributed by atoms with Gasteiger partial charge < -0.3 is 0 Å². The van der Waals surface area contributed by atoms with Gasteiger partial charge in [-0.05, 0) is 48.3 Å². The van der Waals surface area contributed by atoms with Crippen molar-refractivity contribution in [1.29, 1.82) is 0 Å². The lowest BCUT2D eigenvalue weighted by Crippen LogP contribution is -2.20. The Kier molecular flexibility index (Phi) is 5.34. The van der Waals surface area contributed by atoms with Crippen LogP contribution in [0, 0.1) is 35.5 Å². The van der Waals surface area contributed by atoms with Crippen LogP contribution in [0.15, 0.2) is 0 Å². The summed E-state index contributed by atoms with van der Waals surface area (Å²) in [4.78, 5) is 0. The van der Waals surface area contributed by atoms with Crippen molar-refractivity contribution < 1.29 is 0 Å². The van der Waals surface area contributed by atoms with Crippen molar-refractivity contribution in [2.75, 3.05) is 0 Å². The highest BCUT2D eigenvalue weighted by Crippen LogP contribution is 2.50. The standard InChI is InChI=1S/C16H32/c1-7-8-12(4)15(16-10-14(16)6)9-13(5)11(2)3/h11-16H,7-10H2,1-6H3. The van der Waals surface area contributed by atoms with E-state index in [1.807, 2.05) is 0 Å². The fraction of sp³-hybridized carbons (Fsp3) is 1.00. The Hall–Kier alpha value is 0. The van der Waals surface area contributed by atoms with Crippen LogP contribution in [0.3, 0.4) is 0 Å². The predicted molar refractivity (Wildman–Crippen MR) is 73.5 cm³/mol. The second kappa shape index (κ2) is 6.07. The molecule has 1 aliphatic rings. The molecular weight excluding hydrogens is 192 g/mol. The van der Waals surface area contributed by atoms with Gasteiger partial charge in [0, 0.05) is 0 Å². The molecule has 0 radical (unpaired) electrons. The van der Waals surface area contributed by atoms with Crippen LogP contribution in [0.25, 0.3) is 0 Å². The van der Waals surface area contributed by atoms with E-state index in [-0.39, 0.29) is 0 Å². The molecule has 0 bridgehead atoms. The number of hydrogen-bond donors (Lipinski definition) is 0. The summed E-state index contributed by atoms with van der Waals surface area (Å²) in [5.74, 6) is 5.78. The predicted octanol–water partition coefficient (Wildman–Crippen LogP) is 5.38. The van der Waals surface area contributed by atoms with Gasteiger partial charge in [-0.2, -0.15) is 0 Å². The zero-order valence-electron chi connectivity index (χ0n) is 12.3. The maximum absolute atomic E-state index is 2.49. The van der Waals surface area contributed by atoms with Crippen molar-refractivity contribution in [3.63, 3.8) is 0 Å². The van der Waals surface area contributed by atoms with E-state index in [1.165, 1.54) is 25.7 Å². The summed E-state index contributed by atoms with van der Waals surface area (Å²) in [5, 5.41) is 0. The highest BCUT2D eigenvalue weighted by molar-refractivity contribution is 4.91. The highest BCUT2D eigenvalue weighted by Gasteiger charge is 2.41. The normalized spacial score (nSPS) is 30.2. The quantitative estimate of drug-likeness (QED) is 0.545. The molecule has 0 aromatic rings. The van der Waals surface area contributed by atoms with Gasteiger partial charge in [0.25, 0.3) is 0 Å². The summed E-state index contributed by atoms with van der Waals surface area (Å²) in [6.45, 7) is 14.5. The van der Waals surface area contributed by atoms with Crippen LogP contribution in [0.1, 0.15) is 67.2 Å². The van der Waals surface area contributed by atoms with Crippen LogP contribution in [-0.2, 0) is 0 Å². The Balaban J connectivity index is 2.50. The Bertz CT molecular complexity index is 194. The van der Waals surface area contributed by atoms with E-state index in [9.17, 15) is 0 Å². The van der Waals surface area contributed by atoms with Crippen molar-refractivity contribution in [3.8, 4) is 0 Å². The van der Waals surface area contributed by atoms with Crippen LogP contribution >= 0.6 is 0 Å². The summed E-state index contributed by atoms with van der Waals surface area (Å²) >= 11 is 0. The number of rotatable bonds is 7. The fourth-order valence-corrected chi connectivity index (χ4v) is 3.15. The molecule has 0 amide bonds. The topological polar surface area (TPSA) is 0 Å². The van der Waals surface area contributed by atoms with Gasteiger partial charge in [-0.15, -0.1) is 0 Å². The average molecular weight is 224 g/mol. The van der Waals surface area contributed by atoms with Gasteiger partial charge in [-0.3, -0.25) is 0 Å². The van der Waals surface area contributed by atoms with E-state index in [4.69, 9.17) is 0 Å². The largest absolute Gasteiger partial charge is 0.0654 e. The number of hydrogen-bond acceptors (Lipinski definition) is 0. The molecule has 0 heterocycles. The Morgan fingerprint density at radius 2 is 1.62 bits per heavy atom. The highest BCUT2D eigenvalue weighted by atomic mass is 14.5. The third kappa shape index (κ3) is 3.79. The fourth-order valence-electron chi connectivity index (χ4n) is 3.15. The molecule has 0 aromatic heterocycles. The first kappa shape index (κ1) is 14.1. The van der Waals surface area contributed by atoms with Crippen LogP contribution in [0.5, 0.6) is 0 Å². The van der Waals surface area contributed by atoms with Crippen molar-refractivity contribution >= 4 is 0 Å². The Morgan fingerprint density at radius 3 is 2.00 bits per heavy atom. The van der Waals surface area contributed by atoms with Gasteiger partial charge in [0.2, 0.25) is 0 Å². The maximum Gasteiger partial charge on any atom is -0.0355 e. The first-order valence-electron chi connectivity index (χ1n) is 7.47. The zero-order chi connectivity index (χ0) is 12.3. The van der Waals surface area contributed by atoms with Crippen LogP contribution in [0.4, 0.5) is 0 Å². The molecule has 1 aliphatic carbocycles. The maximum atomic E-state index is 2.49. The molecule has 0 aliphatic heterocycles. The Morgan fingerprint density at radius 1 is 1.06 bits per heavy atom. The van der Waals surface area contributed by atoms with E-state index >= 15 is 0 Å². The average Bonchev–Trinajstić information content (AvgIpc) is 2.91. The Labute approximate surface area is 103 Å². The van der Waals surface area contributed by atoms with Gasteiger partial charge in [0.15, 0.2) is 0 Å². The molecule has 5 atom stereocenters. The minimum absolute atomic E-state index is 0.852. The van der Waals surface area contributed by atoms with Crippen molar-refractivity contribution in [2.45, 2.75) is 67.2 Å². The molecular formula is C16H32. The molecule has 0 N–H and O–H groups in total. The second-order valence-corrected chi connectivity index (χ2v) is 6.76. The second-order valence-electron chi connectivity index (χ2n) is 6.76. The van der Waals surface area contributed by atoms with E-state index in [2.05, 4.69) is 41.5 Å². The molecule has 0 nitrogen and oxygen atoms in total. The van der Waals surface area contributed by atoms with Crippen molar-refractivity contribution in [1.82, 2.24) is 0 Å². The van der Waals surface area contributed by atoms with Gasteiger partial charge >= 0.3 is 0 Å². The molecule has 0 heteroatoms. The van der Waals surface area contributed by atoms with Gasteiger partial charge in [0.1, 0.15) is 0 Å². The van der Waals surface area contributed by atoms with Gasteiger partial charge in [-0.1, -0.05) is 54.4 Å². The molecule has 0 aromatic carbocycles. The summed E-state index contributed by atoms with van der Waals surface area (Å²) in [5.41, 5.74) is 0. The molecule has 1 rings (SSSR count). The lowest BCUT2D eigenvalue weighted by molar-refractivity contribution is 0.213. The van der Waals surface area contributed by atoms with Crippen LogP contribution < -0.4 is 0 Å². The lowest BCUT2D eigenvalue weighted by atomic mass is 9.77. The SMILES string of the molecule is CCCC(C)C(CC(C)C(C)C)C1CC1C. The third-order valence-corrected chi connectivity index (χ3v) is 4.98. The van der Waals surface area contributed by atoms with Gasteiger partial charge in [0.05, 0.1) is 0 Å². The molecule has 96 valence electrons. The summed E-state index contributed by atoms with van der Waals surface area (Å²) in [6, 6.07) is 0. The van der Waals surface area contributed by atoms with E-state index in [0.29, 0.717) is 0 Å². The zero-order valence-corrected chi connectivity index (χ0v) is 12.3. The minimum atomic E-state index is 0.852. The summed E-state index contributed by atoms with van der Waals surface area (Å²) in [6.07, 6.45) is 5.75. The van der Waals surface area contributed by atoms with E-state index < -0.39 is 0 Å². The molecule has 0 spiro atoms. The van der Waals surface area contributed by atoms with E-state index in [0.717, 1.165) is 35.5 Å². The van der Waals surface area contributed by atoms with Crippen molar-refractivity contribution in [2.24, 2.45) is 35.5 Å². The smallest absolute Gasteiger partial charge is 0.0355 e. The lowest BCUT2D eigenvalue weighted by Gasteiger charge is -2.28. The summed E-state index contributed by atoms with van der Waals surface area (Å²) < 4.78 is 0.